The fourth-order valence-electron chi connectivity index (χ4n) is 3.20. The predicted octanol–water partition coefficient (Wildman–Crippen LogP) is 3.43. The van der Waals surface area contributed by atoms with E-state index < -0.39 is 10.0 Å². The van der Waals surface area contributed by atoms with E-state index in [2.05, 4.69) is 5.32 Å². The topological polar surface area (TPSA) is 94.2 Å². The zero-order chi connectivity index (χ0) is 22.4. The smallest absolute Gasteiger partial charge is 0.232 e. The third kappa shape index (κ3) is 6.27. The number of sulfonamides is 1. The lowest BCUT2D eigenvalue weighted by Gasteiger charge is -2.25. The second kappa shape index (κ2) is 9.91. The average molecular weight is 449 g/mol. The zero-order valence-corrected chi connectivity index (χ0v) is 18.8. The Hall–Kier alpha value is -2.94. The van der Waals surface area contributed by atoms with Crippen molar-refractivity contribution >= 4 is 27.3 Å². The van der Waals surface area contributed by atoms with Gasteiger partial charge in [-0.3, -0.25) is 9.10 Å². The molecule has 168 valence electrons. The summed E-state index contributed by atoms with van der Waals surface area (Å²) in [6, 6.07) is 12.2. The molecule has 8 nitrogen and oxygen atoms in total. The molecule has 1 amide bonds. The van der Waals surface area contributed by atoms with Gasteiger partial charge in [0.1, 0.15) is 19.0 Å². The molecule has 1 N–H and O–H groups in total. The maximum Gasteiger partial charge on any atom is 0.232 e. The second-order valence-corrected chi connectivity index (χ2v) is 9.38. The maximum absolute atomic E-state index is 12.4. The highest BCUT2D eigenvalue weighted by Gasteiger charge is 2.21. The highest BCUT2D eigenvalue weighted by atomic mass is 32.2. The molecule has 0 aliphatic carbocycles. The SMILES string of the molecule is CC(C)Oc1ccccc1NC(=O)CCCN(c1ccc2c(c1)OCCO2)S(C)(=O)=O. The molecule has 0 bridgehead atoms. The third-order valence-corrected chi connectivity index (χ3v) is 5.70. The van der Waals surface area contributed by atoms with Crippen molar-refractivity contribution in [1.82, 2.24) is 0 Å². The Balaban J connectivity index is 1.63. The Morgan fingerprint density at radius 2 is 1.84 bits per heavy atom. The van der Waals surface area contributed by atoms with Gasteiger partial charge in [0.2, 0.25) is 15.9 Å². The molecule has 31 heavy (non-hydrogen) atoms. The first-order chi connectivity index (χ1) is 14.7. The number of carbonyl (C=O) groups is 1. The van der Waals surface area contributed by atoms with Crippen molar-refractivity contribution in [3.8, 4) is 17.2 Å². The van der Waals surface area contributed by atoms with Crippen molar-refractivity contribution in [2.45, 2.75) is 32.8 Å². The monoisotopic (exact) mass is 448 g/mol. The van der Waals surface area contributed by atoms with Gasteiger partial charge in [-0.15, -0.1) is 0 Å². The zero-order valence-electron chi connectivity index (χ0n) is 18.0. The first kappa shape index (κ1) is 22.7. The maximum atomic E-state index is 12.4. The molecule has 1 heterocycles. The van der Waals surface area contributed by atoms with Crippen LogP contribution in [0, 0.1) is 0 Å². The summed E-state index contributed by atoms with van der Waals surface area (Å²) in [6.45, 7) is 4.86. The van der Waals surface area contributed by atoms with Crippen molar-refractivity contribution in [3.05, 3.63) is 42.5 Å². The molecule has 1 aliphatic rings. The number of amides is 1. The van der Waals surface area contributed by atoms with Gasteiger partial charge >= 0.3 is 0 Å². The van der Waals surface area contributed by atoms with E-state index in [4.69, 9.17) is 14.2 Å². The predicted molar refractivity (Wildman–Crippen MR) is 120 cm³/mol. The van der Waals surface area contributed by atoms with Gasteiger partial charge in [0.25, 0.3) is 0 Å². The number of rotatable bonds is 9. The Bertz CT molecular complexity index is 1020. The van der Waals surface area contributed by atoms with Crippen molar-refractivity contribution in [2.24, 2.45) is 0 Å². The van der Waals surface area contributed by atoms with Gasteiger partial charge in [0, 0.05) is 19.0 Å². The minimum absolute atomic E-state index is 0.0210. The van der Waals surface area contributed by atoms with Crippen molar-refractivity contribution in [1.29, 1.82) is 0 Å². The molecule has 2 aromatic carbocycles. The van der Waals surface area contributed by atoms with Crippen molar-refractivity contribution in [2.75, 3.05) is 35.6 Å². The number of ether oxygens (including phenoxy) is 3. The van der Waals surface area contributed by atoms with Gasteiger partial charge in [0.05, 0.1) is 23.7 Å². The van der Waals surface area contributed by atoms with Crippen LogP contribution in [-0.4, -0.2) is 46.4 Å². The van der Waals surface area contributed by atoms with Crippen LogP contribution in [0.4, 0.5) is 11.4 Å². The Labute approximate surface area is 183 Å². The molecular formula is C22H28N2O6S. The largest absolute Gasteiger partial charge is 0.489 e. The highest BCUT2D eigenvalue weighted by molar-refractivity contribution is 7.92. The lowest BCUT2D eigenvalue weighted by atomic mass is 10.2. The Morgan fingerprint density at radius 3 is 2.55 bits per heavy atom. The van der Waals surface area contributed by atoms with E-state index >= 15 is 0 Å². The number of benzene rings is 2. The second-order valence-electron chi connectivity index (χ2n) is 7.48. The minimum Gasteiger partial charge on any atom is -0.489 e. The van der Waals surface area contributed by atoms with Gasteiger partial charge in [-0.2, -0.15) is 0 Å². The Kier molecular flexibility index (Phi) is 7.27. The molecular weight excluding hydrogens is 420 g/mol. The molecule has 0 saturated heterocycles. The van der Waals surface area contributed by atoms with E-state index in [0.29, 0.717) is 48.3 Å². The Morgan fingerprint density at radius 1 is 1.13 bits per heavy atom. The molecule has 0 aromatic heterocycles. The van der Waals surface area contributed by atoms with E-state index in [1.807, 2.05) is 26.0 Å². The van der Waals surface area contributed by atoms with Gasteiger partial charge in [-0.05, 0) is 44.5 Å². The molecule has 2 aromatic rings. The summed E-state index contributed by atoms with van der Waals surface area (Å²) in [5.74, 6) is 1.48. The standard InChI is InChI=1S/C22H28N2O6S/c1-16(2)30-19-8-5-4-7-18(19)23-22(25)9-6-12-24(31(3,26)27)17-10-11-20-21(15-17)29-14-13-28-20/h4-5,7-8,10-11,15-16H,6,9,12-14H2,1-3H3,(H,23,25). The van der Waals surface area contributed by atoms with Gasteiger partial charge in [-0.1, -0.05) is 12.1 Å². The minimum atomic E-state index is -3.54. The van der Waals surface area contributed by atoms with Gasteiger partial charge in [-0.25, -0.2) is 8.42 Å². The van der Waals surface area contributed by atoms with E-state index in [-0.39, 0.29) is 25.0 Å². The number of carbonyl (C=O) groups excluding carboxylic acids is 1. The molecule has 1 aliphatic heterocycles. The molecule has 0 atom stereocenters. The number of hydrogen-bond acceptors (Lipinski definition) is 6. The lowest BCUT2D eigenvalue weighted by molar-refractivity contribution is -0.116. The van der Waals surface area contributed by atoms with E-state index in [0.717, 1.165) is 6.26 Å². The van der Waals surface area contributed by atoms with E-state index in [1.54, 1.807) is 30.3 Å². The normalized spacial score (nSPS) is 13.0. The number of para-hydroxylation sites is 2. The first-order valence-corrected chi connectivity index (χ1v) is 12.0. The number of nitrogens with zero attached hydrogens (tertiary/aromatic N) is 1. The number of fused-ring (bicyclic) bond motifs is 1. The summed E-state index contributed by atoms with van der Waals surface area (Å²) in [7, 11) is -3.54. The quantitative estimate of drug-likeness (QED) is 0.632. The van der Waals surface area contributed by atoms with Gasteiger partial charge in [0.15, 0.2) is 11.5 Å². The average Bonchev–Trinajstić information content (AvgIpc) is 2.71. The summed E-state index contributed by atoms with van der Waals surface area (Å²) in [5, 5.41) is 2.84. The van der Waals surface area contributed by atoms with E-state index in [1.165, 1.54) is 4.31 Å². The fourth-order valence-corrected chi connectivity index (χ4v) is 4.15. The van der Waals surface area contributed by atoms with Crippen LogP contribution in [0.25, 0.3) is 0 Å². The summed E-state index contributed by atoms with van der Waals surface area (Å²) < 4.78 is 42.7. The molecule has 0 unspecified atom stereocenters. The molecule has 9 heteroatoms. The number of anilines is 2. The fraction of sp³-hybridized carbons (Fsp3) is 0.409. The van der Waals surface area contributed by atoms with Crippen LogP contribution >= 0.6 is 0 Å². The number of nitrogens with one attached hydrogen (secondary N) is 1. The molecule has 0 fully saturated rings. The van der Waals surface area contributed by atoms with Crippen molar-refractivity contribution in [3.63, 3.8) is 0 Å². The summed E-state index contributed by atoms with van der Waals surface area (Å²) in [6.07, 6.45) is 1.63. The van der Waals surface area contributed by atoms with E-state index in [9.17, 15) is 13.2 Å². The van der Waals surface area contributed by atoms with Crippen LogP contribution in [0.15, 0.2) is 42.5 Å². The summed E-state index contributed by atoms with van der Waals surface area (Å²) in [4.78, 5) is 12.4. The summed E-state index contributed by atoms with van der Waals surface area (Å²) >= 11 is 0. The van der Waals surface area contributed by atoms with Gasteiger partial charge < -0.3 is 19.5 Å². The first-order valence-electron chi connectivity index (χ1n) is 10.2. The lowest BCUT2D eigenvalue weighted by Crippen LogP contribution is -2.31. The highest BCUT2D eigenvalue weighted by Crippen LogP contribution is 2.34. The van der Waals surface area contributed by atoms with Crippen LogP contribution < -0.4 is 23.8 Å². The van der Waals surface area contributed by atoms with Crippen LogP contribution in [0.1, 0.15) is 26.7 Å². The van der Waals surface area contributed by atoms with Crippen LogP contribution in [0.2, 0.25) is 0 Å². The number of hydrogen-bond donors (Lipinski definition) is 1. The van der Waals surface area contributed by atoms with Crippen molar-refractivity contribution < 1.29 is 27.4 Å². The van der Waals surface area contributed by atoms with Crippen LogP contribution in [0.3, 0.4) is 0 Å². The molecule has 0 saturated carbocycles. The van der Waals surface area contributed by atoms with Crippen LogP contribution in [0.5, 0.6) is 17.2 Å². The van der Waals surface area contributed by atoms with Crippen LogP contribution in [-0.2, 0) is 14.8 Å². The molecule has 3 rings (SSSR count). The molecule has 0 spiro atoms. The third-order valence-electron chi connectivity index (χ3n) is 4.50. The molecule has 0 radical (unpaired) electrons. The summed E-state index contributed by atoms with van der Waals surface area (Å²) in [5.41, 5.74) is 1.07.